The van der Waals surface area contributed by atoms with E-state index in [0.717, 1.165) is 33.9 Å². The van der Waals surface area contributed by atoms with E-state index in [1.54, 1.807) is 0 Å². The van der Waals surface area contributed by atoms with Gasteiger partial charge in [0.15, 0.2) is 0 Å². The zero-order valence-corrected chi connectivity index (χ0v) is 13.7. The van der Waals surface area contributed by atoms with E-state index < -0.39 is 5.54 Å². The van der Waals surface area contributed by atoms with Crippen LogP contribution in [0.25, 0.3) is 10.8 Å². The molecule has 2 aliphatic rings. The van der Waals surface area contributed by atoms with E-state index in [9.17, 15) is 5.11 Å². The van der Waals surface area contributed by atoms with Crippen LogP contribution in [0.2, 0.25) is 0 Å². The van der Waals surface area contributed by atoms with Crippen molar-refractivity contribution in [3.8, 4) is 5.75 Å². The van der Waals surface area contributed by atoms with E-state index >= 15 is 0 Å². The van der Waals surface area contributed by atoms with Crippen molar-refractivity contribution in [2.75, 3.05) is 6.61 Å². The molecule has 2 aromatic carbocycles. The summed E-state index contributed by atoms with van der Waals surface area (Å²) in [4.78, 5) is 0. The summed E-state index contributed by atoms with van der Waals surface area (Å²) in [6.45, 7) is 1.78. The lowest BCUT2D eigenvalue weighted by atomic mass is 9.92. The van der Waals surface area contributed by atoms with Crippen LogP contribution in [0, 0.1) is 11.8 Å². The fourth-order valence-corrected chi connectivity index (χ4v) is 4.25. The Morgan fingerprint density at radius 2 is 1.91 bits per heavy atom. The van der Waals surface area contributed by atoms with Crippen molar-refractivity contribution in [1.82, 2.24) is 0 Å². The summed E-state index contributed by atoms with van der Waals surface area (Å²) in [6, 6.07) is 12.4. The van der Waals surface area contributed by atoms with Crippen LogP contribution in [0.1, 0.15) is 38.2 Å². The van der Waals surface area contributed by atoms with Gasteiger partial charge in [-0.05, 0) is 79.0 Å². The average molecular weight is 311 g/mol. The van der Waals surface area contributed by atoms with Gasteiger partial charge in [-0.1, -0.05) is 18.2 Å². The lowest BCUT2D eigenvalue weighted by Gasteiger charge is -2.24. The molecule has 2 aliphatic carbocycles. The normalized spacial score (nSPS) is 28.9. The molecular formula is C20H25NO2. The van der Waals surface area contributed by atoms with Crippen LogP contribution in [0.4, 0.5) is 0 Å². The second-order valence-electron chi connectivity index (χ2n) is 7.63. The van der Waals surface area contributed by atoms with Gasteiger partial charge in [0.25, 0.3) is 0 Å². The van der Waals surface area contributed by atoms with Crippen LogP contribution < -0.4 is 10.5 Å². The van der Waals surface area contributed by atoms with Gasteiger partial charge in [0.05, 0.1) is 12.1 Å². The van der Waals surface area contributed by atoms with E-state index in [1.165, 1.54) is 25.7 Å². The molecule has 2 fully saturated rings. The van der Waals surface area contributed by atoms with Crippen molar-refractivity contribution in [2.24, 2.45) is 17.6 Å². The second kappa shape index (κ2) is 5.50. The maximum atomic E-state index is 9.43. The van der Waals surface area contributed by atoms with Gasteiger partial charge in [0.2, 0.25) is 0 Å². The van der Waals surface area contributed by atoms with Gasteiger partial charge >= 0.3 is 0 Å². The number of hydrogen-bond acceptors (Lipinski definition) is 3. The summed E-state index contributed by atoms with van der Waals surface area (Å²) < 4.78 is 6.27. The molecule has 2 saturated carbocycles. The van der Waals surface area contributed by atoms with E-state index in [1.807, 2.05) is 13.0 Å². The molecule has 0 aliphatic heterocycles. The molecule has 3 heteroatoms. The minimum Gasteiger partial charge on any atom is -0.490 e. The van der Waals surface area contributed by atoms with Crippen LogP contribution >= 0.6 is 0 Å². The zero-order chi connectivity index (χ0) is 16.0. The molecule has 0 saturated heterocycles. The van der Waals surface area contributed by atoms with Gasteiger partial charge in [0, 0.05) is 0 Å². The predicted octanol–water partition coefficient (Wildman–Crippen LogP) is 3.57. The van der Waals surface area contributed by atoms with E-state index in [0.29, 0.717) is 6.10 Å². The molecule has 2 aromatic rings. The summed E-state index contributed by atoms with van der Waals surface area (Å²) in [6.07, 6.45) is 5.73. The van der Waals surface area contributed by atoms with Gasteiger partial charge in [-0.15, -0.1) is 0 Å². The largest absolute Gasteiger partial charge is 0.490 e. The third-order valence-electron chi connectivity index (χ3n) is 5.76. The van der Waals surface area contributed by atoms with E-state index in [4.69, 9.17) is 10.5 Å². The Kier molecular flexibility index (Phi) is 3.58. The molecule has 0 radical (unpaired) electrons. The van der Waals surface area contributed by atoms with Crippen LogP contribution in [-0.2, 0) is 5.54 Å². The fraction of sp³-hybridized carbons (Fsp3) is 0.500. The van der Waals surface area contributed by atoms with Crippen molar-refractivity contribution in [3.05, 3.63) is 42.0 Å². The molecule has 0 amide bonds. The van der Waals surface area contributed by atoms with Gasteiger partial charge < -0.3 is 15.6 Å². The second-order valence-corrected chi connectivity index (χ2v) is 7.63. The van der Waals surface area contributed by atoms with Crippen LogP contribution in [-0.4, -0.2) is 17.8 Å². The van der Waals surface area contributed by atoms with Crippen molar-refractivity contribution in [1.29, 1.82) is 0 Å². The first-order chi connectivity index (χ1) is 11.0. The van der Waals surface area contributed by atoms with Crippen molar-refractivity contribution in [3.63, 3.8) is 0 Å². The van der Waals surface area contributed by atoms with Crippen molar-refractivity contribution >= 4 is 10.8 Å². The highest BCUT2D eigenvalue weighted by Crippen LogP contribution is 2.46. The topological polar surface area (TPSA) is 55.5 Å². The Morgan fingerprint density at radius 1 is 1.13 bits per heavy atom. The van der Waals surface area contributed by atoms with Gasteiger partial charge in [0.1, 0.15) is 11.9 Å². The van der Waals surface area contributed by atoms with Crippen molar-refractivity contribution in [2.45, 2.75) is 44.2 Å². The molecule has 23 heavy (non-hydrogen) atoms. The SMILES string of the molecule is CC(N)(CO)c1ccc2cc(O[C@@H]3C[C@H]4CC[C@@H]3C4)ccc2c1. The quantitative estimate of drug-likeness (QED) is 0.907. The first-order valence-electron chi connectivity index (χ1n) is 8.66. The fourth-order valence-electron chi connectivity index (χ4n) is 4.25. The Balaban J connectivity index is 1.58. The summed E-state index contributed by atoms with van der Waals surface area (Å²) in [5, 5.41) is 11.7. The van der Waals surface area contributed by atoms with Gasteiger partial charge in [-0.2, -0.15) is 0 Å². The van der Waals surface area contributed by atoms with Crippen LogP contribution in [0.5, 0.6) is 5.75 Å². The Morgan fingerprint density at radius 3 is 2.61 bits per heavy atom. The maximum absolute atomic E-state index is 9.43. The maximum Gasteiger partial charge on any atom is 0.120 e. The number of aliphatic hydroxyl groups is 1. The van der Waals surface area contributed by atoms with E-state index in [2.05, 4.69) is 30.3 Å². The summed E-state index contributed by atoms with van der Waals surface area (Å²) in [5.74, 6) is 2.63. The molecule has 2 bridgehead atoms. The number of fused-ring (bicyclic) bond motifs is 3. The minimum absolute atomic E-state index is 0.0655. The number of hydrogen-bond donors (Lipinski definition) is 2. The lowest BCUT2D eigenvalue weighted by Crippen LogP contribution is -2.36. The number of benzene rings is 2. The monoisotopic (exact) mass is 311 g/mol. The molecular weight excluding hydrogens is 286 g/mol. The van der Waals surface area contributed by atoms with Crippen LogP contribution in [0.15, 0.2) is 36.4 Å². The van der Waals surface area contributed by atoms with Gasteiger partial charge in [-0.25, -0.2) is 0 Å². The molecule has 122 valence electrons. The molecule has 4 rings (SSSR count). The molecule has 0 spiro atoms. The molecule has 3 nitrogen and oxygen atoms in total. The molecule has 0 heterocycles. The smallest absolute Gasteiger partial charge is 0.120 e. The molecule has 3 N–H and O–H groups in total. The zero-order valence-electron chi connectivity index (χ0n) is 13.7. The Hall–Kier alpha value is -1.58. The first-order valence-corrected chi connectivity index (χ1v) is 8.66. The first kappa shape index (κ1) is 15.0. The molecule has 1 unspecified atom stereocenters. The average Bonchev–Trinajstić information content (AvgIpc) is 3.17. The number of aliphatic hydroxyl groups excluding tert-OH is 1. The highest BCUT2D eigenvalue weighted by atomic mass is 16.5. The highest BCUT2D eigenvalue weighted by Gasteiger charge is 2.40. The lowest BCUT2D eigenvalue weighted by molar-refractivity contribution is 0.138. The predicted molar refractivity (Wildman–Crippen MR) is 92.4 cm³/mol. The number of rotatable bonds is 4. The van der Waals surface area contributed by atoms with Gasteiger partial charge in [-0.3, -0.25) is 0 Å². The minimum atomic E-state index is -0.702. The van der Waals surface area contributed by atoms with Crippen LogP contribution in [0.3, 0.4) is 0 Å². The summed E-state index contributed by atoms with van der Waals surface area (Å²) >= 11 is 0. The Bertz CT molecular complexity index is 725. The third-order valence-corrected chi connectivity index (χ3v) is 5.76. The Labute approximate surface area is 137 Å². The molecule has 0 aromatic heterocycles. The number of ether oxygens (including phenoxy) is 1. The standard InChI is InChI=1S/C20H25NO2/c1-20(21,12-22)17-6-4-15-11-18(7-5-14(15)10-17)23-19-9-13-2-3-16(19)8-13/h4-7,10-11,13,16,19,22H,2-3,8-9,12,21H2,1H3/t13-,16+,19+,20?/m0/s1. The van der Waals surface area contributed by atoms with Crippen molar-refractivity contribution < 1.29 is 9.84 Å². The summed E-state index contributed by atoms with van der Waals surface area (Å²) in [7, 11) is 0. The highest BCUT2D eigenvalue weighted by molar-refractivity contribution is 5.84. The number of nitrogens with two attached hydrogens (primary N) is 1. The summed E-state index contributed by atoms with van der Waals surface area (Å²) in [5.41, 5.74) is 6.38. The van der Waals surface area contributed by atoms with E-state index in [-0.39, 0.29) is 6.61 Å². The third kappa shape index (κ3) is 2.73. The molecule has 4 atom stereocenters.